The predicted octanol–water partition coefficient (Wildman–Crippen LogP) is 3.83. The molecule has 0 aromatic carbocycles. The third kappa shape index (κ3) is 9.83. The number of hydrazine groups is 1. The van der Waals surface area contributed by atoms with Crippen molar-refractivity contribution in [1.29, 1.82) is 0 Å². The highest BCUT2D eigenvalue weighted by Gasteiger charge is 2.68. The summed E-state index contributed by atoms with van der Waals surface area (Å²) in [5.74, 6) is 0.834. The van der Waals surface area contributed by atoms with Crippen molar-refractivity contribution in [2.45, 2.75) is 142 Å². The Morgan fingerprint density at radius 3 is 2.50 bits per heavy atom. The van der Waals surface area contributed by atoms with Gasteiger partial charge in [-0.15, -0.1) is 0 Å². The minimum absolute atomic E-state index is 0.000937. The number of aliphatic imine (C=N–C) groups is 1. The number of hydrogen-bond acceptors (Lipinski definition) is 8. The molecular formula is C34H62BN7O6. The summed E-state index contributed by atoms with van der Waals surface area (Å²) in [6.07, 6.45) is 10.4. The number of unbranched alkanes of at least 4 members (excludes halogenated alkanes) is 1. The minimum atomic E-state index is -0.792. The Morgan fingerprint density at radius 1 is 1.12 bits per heavy atom. The van der Waals surface area contributed by atoms with Crippen LogP contribution in [0.15, 0.2) is 4.99 Å². The number of nitrogens with two attached hydrogens (primary N) is 1. The number of nitro groups is 1. The van der Waals surface area contributed by atoms with Crippen LogP contribution in [0, 0.1) is 39.2 Å². The molecule has 272 valence electrons. The Balaban J connectivity index is 1.34. The monoisotopic (exact) mass is 675 g/mol. The molecule has 3 saturated carbocycles. The van der Waals surface area contributed by atoms with Gasteiger partial charge < -0.3 is 30.6 Å². The molecule has 6 atom stereocenters. The topological polar surface area (TPSA) is 173 Å². The molecule has 2 aliphatic heterocycles. The first-order chi connectivity index (χ1) is 22.7. The van der Waals surface area contributed by atoms with E-state index in [4.69, 9.17) is 15.0 Å². The predicted molar refractivity (Wildman–Crippen MR) is 187 cm³/mol. The lowest BCUT2D eigenvalue weighted by molar-refractivity contribution is -0.525. The van der Waals surface area contributed by atoms with Crippen LogP contribution in [0.5, 0.6) is 0 Å². The summed E-state index contributed by atoms with van der Waals surface area (Å²) < 4.78 is 13.3. The Morgan fingerprint density at radius 2 is 1.85 bits per heavy atom. The highest BCUT2D eigenvalue weighted by Crippen LogP contribution is 2.65. The van der Waals surface area contributed by atoms with Gasteiger partial charge >= 0.3 is 7.12 Å². The second-order valence-corrected chi connectivity index (χ2v) is 16.0. The zero-order valence-corrected chi connectivity index (χ0v) is 30.3. The molecule has 0 radical (unpaired) electrons. The highest BCUT2D eigenvalue weighted by atomic mass is 16.7. The van der Waals surface area contributed by atoms with Crippen LogP contribution in [-0.4, -0.2) is 84.7 Å². The van der Waals surface area contributed by atoms with Crippen LogP contribution < -0.4 is 21.8 Å². The summed E-state index contributed by atoms with van der Waals surface area (Å²) in [6.45, 7) is 16.9. The standard InChI is InChI=1S/C34H62BN7O6/c1-7-8-17-41-18-14-24(15-19-41)11-9-13-30(43)38-26(12-10-16-37-32(36)40-42(45)46)31(44)39-29(20-23(2)3)35-47-28-22-25-21-27(33(25,4)5)34(28,6)48-35/h23-29H,7-22H2,1-6H3,(H,38,43)(H,39,44)(H3,36,37,40)/t25-,26+,27-,28-,29+,34+/m1/s1. The molecule has 0 spiro atoms. The number of nitrogens with zero attached hydrogens (tertiary/aromatic N) is 3. The van der Waals surface area contributed by atoms with Crippen LogP contribution >= 0.6 is 0 Å². The van der Waals surface area contributed by atoms with Crippen molar-refractivity contribution in [3.05, 3.63) is 10.1 Å². The zero-order chi connectivity index (χ0) is 35.1. The van der Waals surface area contributed by atoms with Gasteiger partial charge in [0.25, 0.3) is 5.96 Å². The maximum absolute atomic E-state index is 13.9. The van der Waals surface area contributed by atoms with Crippen molar-refractivity contribution in [3.63, 3.8) is 0 Å². The average Bonchev–Trinajstić information content (AvgIpc) is 3.38. The third-order valence-corrected chi connectivity index (χ3v) is 11.7. The van der Waals surface area contributed by atoms with Crippen molar-refractivity contribution in [3.8, 4) is 0 Å². The maximum atomic E-state index is 13.9. The molecule has 2 heterocycles. The minimum Gasteiger partial charge on any atom is -0.404 e. The largest absolute Gasteiger partial charge is 0.481 e. The molecule has 0 unspecified atom stereocenters. The Labute approximate surface area is 287 Å². The Bertz CT molecular complexity index is 1130. The lowest BCUT2D eigenvalue weighted by Gasteiger charge is -2.64. The first-order valence-electron chi connectivity index (χ1n) is 18.6. The van der Waals surface area contributed by atoms with E-state index in [0.29, 0.717) is 43.4 Å². The van der Waals surface area contributed by atoms with Crippen molar-refractivity contribution >= 4 is 24.9 Å². The highest BCUT2D eigenvalue weighted by molar-refractivity contribution is 6.48. The molecule has 2 saturated heterocycles. The van der Waals surface area contributed by atoms with E-state index in [-0.39, 0.29) is 47.7 Å². The number of nitrogens with one attached hydrogen (secondary N) is 3. The van der Waals surface area contributed by atoms with Gasteiger partial charge in [-0.3, -0.25) is 9.59 Å². The van der Waals surface area contributed by atoms with Crippen molar-refractivity contribution < 1.29 is 23.9 Å². The van der Waals surface area contributed by atoms with E-state index in [1.54, 1.807) is 0 Å². The summed E-state index contributed by atoms with van der Waals surface area (Å²) in [5.41, 5.74) is 7.22. The Hall–Kier alpha value is -2.45. The van der Waals surface area contributed by atoms with Gasteiger partial charge in [0.1, 0.15) is 6.04 Å². The van der Waals surface area contributed by atoms with Gasteiger partial charge in [0, 0.05) is 13.0 Å². The molecule has 2 amide bonds. The summed E-state index contributed by atoms with van der Waals surface area (Å²) in [4.78, 5) is 44.3. The number of guanidine groups is 1. The molecule has 5 fully saturated rings. The van der Waals surface area contributed by atoms with E-state index in [9.17, 15) is 19.7 Å². The maximum Gasteiger partial charge on any atom is 0.481 e. The normalized spacial score (nSPS) is 28.4. The van der Waals surface area contributed by atoms with E-state index in [0.717, 1.165) is 38.8 Å². The average molecular weight is 676 g/mol. The molecular weight excluding hydrogens is 613 g/mol. The van der Waals surface area contributed by atoms with Gasteiger partial charge in [-0.2, -0.15) is 0 Å². The first kappa shape index (κ1) is 38.4. The van der Waals surface area contributed by atoms with Gasteiger partial charge in [0.05, 0.1) is 17.6 Å². The number of carbonyl (C=O) groups excluding carboxylic acids is 2. The number of carbonyl (C=O) groups is 2. The lowest BCUT2D eigenvalue weighted by Crippen LogP contribution is -2.65. The molecule has 5 N–H and O–H groups in total. The summed E-state index contributed by atoms with van der Waals surface area (Å²) >= 11 is 0. The van der Waals surface area contributed by atoms with Crippen LogP contribution in [-0.2, 0) is 18.9 Å². The fourth-order valence-electron chi connectivity index (χ4n) is 8.69. The summed E-state index contributed by atoms with van der Waals surface area (Å²) in [6, 6.07) is -0.792. The number of likely N-dealkylation sites (tertiary alicyclic amines) is 1. The van der Waals surface area contributed by atoms with E-state index in [1.165, 1.54) is 32.2 Å². The van der Waals surface area contributed by atoms with Crippen LogP contribution in [0.3, 0.4) is 0 Å². The van der Waals surface area contributed by atoms with Crippen LogP contribution in [0.2, 0.25) is 0 Å². The number of amides is 2. The van der Waals surface area contributed by atoms with Gasteiger partial charge in [0.15, 0.2) is 5.03 Å². The number of hydrogen-bond donors (Lipinski definition) is 4. The fourth-order valence-corrected chi connectivity index (χ4v) is 8.69. The second kappa shape index (κ2) is 17.0. The smallest absolute Gasteiger partial charge is 0.404 e. The molecule has 2 bridgehead atoms. The number of piperidine rings is 1. The van der Waals surface area contributed by atoms with E-state index in [1.807, 2.05) is 5.43 Å². The zero-order valence-electron chi connectivity index (χ0n) is 30.3. The SMILES string of the molecule is CCCCN1CCC(CCCC(=O)N[C@@H](CCCN=C(N)N[N+](=O)[O-])C(=O)N[C@@H](CC(C)C)B2O[C@@H]3C[C@H]4C[C@H](C4(C)C)[C@]3(C)O2)CC1. The molecule has 5 rings (SSSR count). The third-order valence-electron chi connectivity index (χ3n) is 11.7. The van der Waals surface area contributed by atoms with Gasteiger partial charge in [0.2, 0.25) is 11.8 Å². The van der Waals surface area contributed by atoms with Gasteiger partial charge in [-0.1, -0.05) is 46.5 Å². The van der Waals surface area contributed by atoms with E-state index >= 15 is 0 Å². The van der Waals surface area contributed by atoms with Crippen molar-refractivity contribution in [2.24, 2.45) is 39.8 Å². The summed E-state index contributed by atoms with van der Waals surface area (Å²) in [5, 5.41) is 16.1. The molecule has 0 aromatic heterocycles. The van der Waals surface area contributed by atoms with Crippen molar-refractivity contribution in [1.82, 2.24) is 21.0 Å². The van der Waals surface area contributed by atoms with Crippen LogP contribution in [0.1, 0.15) is 119 Å². The van der Waals surface area contributed by atoms with Crippen molar-refractivity contribution in [2.75, 3.05) is 26.2 Å². The van der Waals surface area contributed by atoms with Gasteiger partial charge in [-0.05, 0) is 120 Å². The molecule has 48 heavy (non-hydrogen) atoms. The molecule has 5 aliphatic rings. The van der Waals surface area contributed by atoms with Gasteiger partial charge in [-0.25, -0.2) is 15.1 Å². The Kier molecular flexibility index (Phi) is 13.6. The molecule has 3 aliphatic carbocycles. The summed E-state index contributed by atoms with van der Waals surface area (Å²) in [7, 11) is -0.566. The lowest BCUT2D eigenvalue weighted by atomic mass is 9.43. The molecule has 14 heteroatoms. The van der Waals surface area contributed by atoms with Crippen LogP contribution in [0.25, 0.3) is 0 Å². The second-order valence-electron chi connectivity index (χ2n) is 16.0. The van der Waals surface area contributed by atoms with E-state index in [2.05, 4.69) is 62.1 Å². The van der Waals surface area contributed by atoms with E-state index < -0.39 is 23.8 Å². The molecule has 13 nitrogen and oxygen atoms in total. The first-order valence-corrected chi connectivity index (χ1v) is 18.6. The fraction of sp³-hybridized carbons (Fsp3) is 0.912. The quantitative estimate of drug-likeness (QED) is 0.0421. The molecule has 0 aromatic rings. The number of rotatable bonds is 18. The van der Waals surface area contributed by atoms with Crippen LogP contribution in [0.4, 0.5) is 0 Å².